The first-order valence-electron chi connectivity index (χ1n) is 8.02. The number of rotatable bonds is 3. The summed E-state index contributed by atoms with van der Waals surface area (Å²) in [7, 11) is 0. The highest BCUT2D eigenvalue weighted by molar-refractivity contribution is 9.10. The lowest BCUT2D eigenvalue weighted by atomic mass is 10.1. The molecule has 5 heteroatoms. The molecule has 23 heavy (non-hydrogen) atoms. The van der Waals surface area contributed by atoms with Crippen LogP contribution in [0.15, 0.2) is 53.2 Å². The van der Waals surface area contributed by atoms with Crippen molar-refractivity contribution >= 4 is 21.9 Å². The van der Waals surface area contributed by atoms with Crippen LogP contribution < -0.4 is 4.90 Å². The zero-order valence-corrected chi connectivity index (χ0v) is 14.5. The van der Waals surface area contributed by atoms with Crippen LogP contribution in [-0.4, -0.2) is 47.1 Å². The quantitative estimate of drug-likeness (QED) is 0.775. The minimum Gasteiger partial charge on any atom is -0.339 e. The van der Waals surface area contributed by atoms with E-state index in [1.807, 2.05) is 24.4 Å². The zero-order chi connectivity index (χ0) is 15.6. The Morgan fingerprint density at radius 3 is 2.61 bits per heavy atom. The molecule has 0 spiro atoms. The fraction of sp³-hybridized carbons (Fsp3) is 0.333. The van der Waals surface area contributed by atoms with E-state index in [1.165, 1.54) is 6.42 Å². The molecular weight excluding hydrogens is 352 g/mol. The summed E-state index contributed by atoms with van der Waals surface area (Å²) in [5.74, 6) is 0.847. The molecule has 0 saturated carbocycles. The molecular formula is C18H19BrN4. The summed E-state index contributed by atoms with van der Waals surface area (Å²) < 4.78 is 1.08. The highest BCUT2D eigenvalue weighted by Crippen LogP contribution is 2.24. The van der Waals surface area contributed by atoms with Crippen molar-refractivity contribution in [2.24, 2.45) is 0 Å². The number of hydrogen-bond acceptors (Lipinski definition) is 4. The van der Waals surface area contributed by atoms with E-state index in [0.717, 1.165) is 47.9 Å². The summed E-state index contributed by atoms with van der Waals surface area (Å²) in [6.45, 7) is 4.22. The summed E-state index contributed by atoms with van der Waals surface area (Å²) in [6, 6.07) is 10.8. The molecule has 4 rings (SSSR count). The van der Waals surface area contributed by atoms with Gasteiger partial charge in [-0.05, 0) is 24.6 Å². The van der Waals surface area contributed by atoms with E-state index in [-0.39, 0.29) is 0 Å². The topological polar surface area (TPSA) is 32.3 Å². The van der Waals surface area contributed by atoms with Crippen LogP contribution in [0.2, 0.25) is 0 Å². The molecule has 0 bridgehead atoms. The third-order valence-electron chi connectivity index (χ3n) is 4.59. The molecule has 4 nitrogen and oxygen atoms in total. The predicted molar refractivity (Wildman–Crippen MR) is 96.5 cm³/mol. The maximum atomic E-state index is 4.78. The molecule has 2 aliphatic rings. The molecule has 1 fully saturated rings. The van der Waals surface area contributed by atoms with Gasteiger partial charge in [0.25, 0.3) is 0 Å². The van der Waals surface area contributed by atoms with E-state index in [1.54, 1.807) is 0 Å². The number of hydrogen-bond donors (Lipinski definition) is 0. The highest BCUT2D eigenvalue weighted by atomic mass is 79.9. The molecule has 0 radical (unpaired) electrons. The van der Waals surface area contributed by atoms with Crippen LogP contribution in [0, 0.1) is 0 Å². The Morgan fingerprint density at radius 1 is 1.04 bits per heavy atom. The largest absolute Gasteiger partial charge is 0.339 e. The Kier molecular flexibility index (Phi) is 4.14. The lowest BCUT2D eigenvalue weighted by Crippen LogP contribution is -2.36. The monoisotopic (exact) mass is 370 g/mol. The number of anilines is 1. The fourth-order valence-electron chi connectivity index (χ4n) is 3.30. The second-order valence-corrected chi connectivity index (χ2v) is 6.98. The third-order valence-corrected chi connectivity index (χ3v) is 5.12. The molecule has 1 atom stereocenters. The Hall–Kier alpha value is -1.72. The van der Waals surface area contributed by atoms with Gasteiger partial charge in [0, 0.05) is 48.5 Å². The van der Waals surface area contributed by atoms with E-state index >= 15 is 0 Å². The van der Waals surface area contributed by atoms with Crippen molar-refractivity contribution < 1.29 is 0 Å². The SMILES string of the molecule is Brc1ccc(-c2ccnc(N3CCC(N4CC=CC4)C3)n2)cc1. The first-order chi connectivity index (χ1) is 11.3. The van der Waals surface area contributed by atoms with E-state index in [2.05, 4.69) is 55.0 Å². The van der Waals surface area contributed by atoms with Gasteiger partial charge in [-0.15, -0.1) is 0 Å². The standard InChI is InChI=1S/C18H19BrN4/c19-15-5-3-14(4-6-15)17-7-9-20-18(21-17)23-12-8-16(13-23)22-10-1-2-11-22/h1-7,9,16H,8,10-13H2. The second-order valence-electron chi connectivity index (χ2n) is 6.06. The number of nitrogens with zero attached hydrogens (tertiary/aromatic N) is 4. The van der Waals surface area contributed by atoms with Gasteiger partial charge >= 0.3 is 0 Å². The average Bonchev–Trinajstić information content (AvgIpc) is 3.27. The Morgan fingerprint density at radius 2 is 1.83 bits per heavy atom. The molecule has 1 saturated heterocycles. The number of aromatic nitrogens is 2. The number of halogens is 1. The van der Waals surface area contributed by atoms with Crippen molar-refractivity contribution in [3.05, 3.63) is 53.2 Å². The molecule has 118 valence electrons. The lowest BCUT2D eigenvalue weighted by Gasteiger charge is -2.23. The smallest absolute Gasteiger partial charge is 0.225 e. The number of benzene rings is 1. The van der Waals surface area contributed by atoms with Crippen molar-refractivity contribution in [2.45, 2.75) is 12.5 Å². The average molecular weight is 371 g/mol. The minimum atomic E-state index is 0.616. The van der Waals surface area contributed by atoms with Crippen molar-refractivity contribution in [3.8, 4) is 11.3 Å². The van der Waals surface area contributed by atoms with Gasteiger partial charge in [-0.3, -0.25) is 4.90 Å². The van der Waals surface area contributed by atoms with Gasteiger partial charge in [0.2, 0.25) is 5.95 Å². The lowest BCUT2D eigenvalue weighted by molar-refractivity contribution is 0.271. The van der Waals surface area contributed by atoms with E-state index in [9.17, 15) is 0 Å². The predicted octanol–water partition coefficient (Wildman–Crippen LogP) is 3.36. The molecule has 0 amide bonds. The summed E-state index contributed by atoms with van der Waals surface area (Å²) in [6.07, 6.45) is 7.57. The molecule has 1 aromatic carbocycles. The molecule has 1 unspecified atom stereocenters. The molecule has 2 aromatic rings. The van der Waals surface area contributed by atoms with Crippen molar-refractivity contribution in [1.82, 2.24) is 14.9 Å². The van der Waals surface area contributed by atoms with Crippen LogP contribution >= 0.6 is 15.9 Å². The van der Waals surface area contributed by atoms with Crippen LogP contribution in [0.1, 0.15) is 6.42 Å². The van der Waals surface area contributed by atoms with Gasteiger partial charge in [0.1, 0.15) is 0 Å². The maximum Gasteiger partial charge on any atom is 0.225 e. The Bertz CT molecular complexity index is 705. The van der Waals surface area contributed by atoms with Gasteiger partial charge in [0.15, 0.2) is 0 Å². The summed E-state index contributed by atoms with van der Waals surface area (Å²) in [4.78, 5) is 14.1. The molecule has 0 aliphatic carbocycles. The summed E-state index contributed by atoms with van der Waals surface area (Å²) in [5.41, 5.74) is 2.10. The summed E-state index contributed by atoms with van der Waals surface area (Å²) in [5, 5.41) is 0. The van der Waals surface area contributed by atoms with Crippen LogP contribution in [0.4, 0.5) is 5.95 Å². The van der Waals surface area contributed by atoms with Gasteiger partial charge in [-0.2, -0.15) is 0 Å². The molecule has 1 aromatic heterocycles. The van der Waals surface area contributed by atoms with Gasteiger partial charge in [0.05, 0.1) is 5.69 Å². The van der Waals surface area contributed by atoms with Crippen LogP contribution in [0.5, 0.6) is 0 Å². The van der Waals surface area contributed by atoms with Crippen molar-refractivity contribution in [2.75, 3.05) is 31.1 Å². The minimum absolute atomic E-state index is 0.616. The van der Waals surface area contributed by atoms with E-state index < -0.39 is 0 Å². The molecule has 0 N–H and O–H groups in total. The highest BCUT2D eigenvalue weighted by Gasteiger charge is 2.29. The third kappa shape index (κ3) is 3.16. The van der Waals surface area contributed by atoms with Crippen molar-refractivity contribution in [3.63, 3.8) is 0 Å². The van der Waals surface area contributed by atoms with Crippen LogP contribution in [-0.2, 0) is 0 Å². The maximum absolute atomic E-state index is 4.78. The van der Waals surface area contributed by atoms with Crippen LogP contribution in [0.3, 0.4) is 0 Å². The van der Waals surface area contributed by atoms with Gasteiger partial charge in [-0.1, -0.05) is 40.2 Å². The first kappa shape index (κ1) is 14.8. The van der Waals surface area contributed by atoms with E-state index in [0.29, 0.717) is 6.04 Å². The fourth-order valence-corrected chi connectivity index (χ4v) is 3.56. The first-order valence-corrected chi connectivity index (χ1v) is 8.82. The van der Waals surface area contributed by atoms with E-state index in [4.69, 9.17) is 4.98 Å². The van der Waals surface area contributed by atoms with Gasteiger partial charge in [-0.25, -0.2) is 9.97 Å². The van der Waals surface area contributed by atoms with Gasteiger partial charge < -0.3 is 4.90 Å². The Balaban J connectivity index is 1.51. The zero-order valence-electron chi connectivity index (χ0n) is 12.9. The molecule has 3 heterocycles. The second kappa shape index (κ2) is 6.42. The Labute approximate surface area is 145 Å². The van der Waals surface area contributed by atoms with Crippen molar-refractivity contribution in [1.29, 1.82) is 0 Å². The summed E-state index contributed by atoms with van der Waals surface area (Å²) >= 11 is 3.47. The van der Waals surface area contributed by atoms with Crippen LogP contribution in [0.25, 0.3) is 11.3 Å². The normalized spacial score (nSPS) is 21.3. The molecule has 2 aliphatic heterocycles.